The monoisotopic (exact) mass is 244 g/mol. The second-order valence-electron chi connectivity index (χ2n) is 4.33. The van der Waals surface area contributed by atoms with E-state index in [1.807, 2.05) is 26.0 Å². The second kappa shape index (κ2) is 5.00. The van der Waals surface area contributed by atoms with Crippen molar-refractivity contribution in [3.05, 3.63) is 47.0 Å². The van der Waals surface area contributed by atoms with E-state index >= 15 is 0 Å². The summed E-state index contributed by atoms with van der Waals surface area (Å²) in [4.78, 5) is 18.0. The zero-order valence-corrected chi connectivity index (χ0v) is 10.8. The highest BCUT2D eigenvalue weighted by atomic mass is 16.2. The third-order valence-corrected chi connectivity index (χ3v) is 2.83. The maximum atomic E-state index is 12.3. The minimum absolute atomic E-state index is 0.0254. The fourth-order valence-electron chi connectivity index (χ4n) is 1.89. The predicted octanol–water partition coefficient (Wildman–Crippen LogP) is 1.69. The van der Waals surface area contributed by atoms with Gasteiger partial charge in [0.1, 0.15) is 0 Å². The maximum Gasteiger partial charge on any atom is 0.257 e. The number of aromatic nitrogens is 3. The molecule has 0 bridgehead atoms. The normalized spacial score (nSPS) is 10.4. The van der Waals surface area contributed by atoms with Crippen LogP contribution in [-0.4, -0.2) is 33.0 Å². The van der Waals surface area contributed by atoms with E-state index in [0.29, 0.717) is 12.1 Å². The van der Waals surface area contributed by atoms with E-state index in [2.05, 4.69) is 15.2 Å². The van der Waals surface area contributed by atoms with E-state index in [1.165, 1.54) is 0 Å². The van der Waals surface area contributed by atoms with Gasteiger partial charge in [-0.15, -0.1) is 0 Å². The molecule has 1 amide bonds. The number of hydrogen-bond donors (Lipinski definition) is 1. The van der Waals surface area contributed by atoms with Crippen molar-refractivity contribution in [2.24, 2.45) is 0 Å². The molecule has 2 rings (SSSR count). The third kappa shape index (κ3) is 2.40. The SMILES string of the molecule is Cc1n[nH]c(C)c1C(=O)N(C)Cc1cccnc1. The van der Waals surface area contributed by atoms with Crippen LogP contribution in [0.1, 0.15) is 27.3 Å². The smallest absolute Gasteiger partial charge is 0.257 e. The number of aromatic amines is 1. The van der Waals surface area contributed by atoms with E-state index in [1.54, 1.807) is 24.3 Å². The zero-order valence-electron chi connectivity index (χ0n) is 10.8. The van der Waals surface area contributed by atoms with Gasteiger partial charge in [-0.3, -0.25) is 14.9 Å². The average molecular weight is 244 g/mol. The molecule has 0 aliphatic heterocycles. The van der Waals surface area contributed by atoms with Gasteiger partial charge in [-0.05, 0) is 25.5 Å². The van der Waals surface area contributed by atoms with Crippen LogP contribution in [-0.2, 0) is 6.54 Å². The van der Waals surface area contributed by atoms with Gasteiger partial charge in [-0.1, -0.05) is 6.07 Å². The van der Waals surface area contributed by atoms with Gasteiger partial charge in [-0.2, -0.15) is 5.10 Å². The molecule has 2 heterocycles. The molecule has 2 aromatic rings. The topological polar surface area (TPSA) is 61.9 Å². The van der Waals surface area contributed by atoms with Crippen molar-refractivity contribution in [2.75, 3.05) is 7.05 Å². The number of aryl methyl sites for hydroxylation is 2. The molecule has 0 atom stereocenters. The van der Waals surface area contributed by atoms with Crippen molar-refractivity contribution in [1.29, 1.82) is 0 Å². The molecule has 0 radical (unpaired) electrons. The fraction of sp³-hybridized carbons (Fsp3) is 0.308. The first-order chi connectivity index (χ1) is 8.59. The van der Waals surface area contributed by atoms with Crippen LogP contribution in [0.15, 0.2) is 24.5 Å². The van der Waals surface area contributed by atoms with E-state index in [4.69, 9.17) is 0 Å². The van der Waals surface area contributed by atoms with Gasteiger partial charge in [0.05, 0.1) is 11.3 Å². The first-order valence-electron chi connectivity index (χ1n) is 5.75. The number of hydrogen-bond acceptors (Lipinski definition) is 3. The molecule has 5 heteroatoms. The first kappa shape index (κ1) is 12.3. The number of carbonyl (C=O) groups is 1. The highest BCUT2D eigenvalue weighted by molar-refractivity contribution is 5.96. The van der Waals surface area contributed by atoms with Gasteiger partial charge in [0, 0.05) is 31.7 Å². The summed E-state index contributed by atoms with van der Waals surface area (Å²) in [5.74, 6) is -0.0254. The number of amides is 1. The predicted molar refractivity (Wildman–Crippen MR) is 68.1 cm³/mol. The lowest BCUT2D eigenvalue weighted by Crippen LogP contribution is -2.27. The molecule has 0 aliphatic carbocycles. The summed E-state index contributed by atoms with van der Waals surface area (Å²) in [6.45, 7) is 4.22. The Kier molecular flexibility index (Phi) is 3.41. The second-order valence-corrected chi connectivity index (χ2v) is 4.33. The quantitative estimate of drug-likeness (QED) is 0.893. The minimum atomic E-state index is -0.0254. The summed E-state index contributed by atoms with van der Waals surface area (Å²) in [6.07, 6.45) is 3.48. The molecule has 0 aliphatic rings. The lowest BCUT2D eigenvalue weighted by atomic mass is 10.1. The van der Waals surface area contributed by atoms with Crippen molar-refractivity contribution in [2.45, 2.75) is 20.4 Å². The number of nitrogens with zero attached hydrogens (tertiary/aromatic N) is 3. The van der Waals surface area contributed by atoms with E-state index in [9.17, 15) is 4.79 Å². The Morgan fingerprint density at radius 3 is 2.78 bits per heavy atom. The molecule has 5 nitrogen and oxygen atoms in total. The molecule has 94 valence electrons. The number of nitrogens with one attached hydrogen (secondary N) is 1. The molecule has 0 spiro atoms. The van der Waals surface area contributed by atoms with E-state index in [0.717, 1.165) is 17.0 Å². The third-order valence-electron chi connectivity index (χ3n) is 2.83. The molecule has 2 aromatic heterocycles. The Hall–Kier alpha value is -2.17. The lowest BCUT2D eigenvalue weighted by Gasteiger charge is -2.17. The van der Waals surface area contributed by atoms with Gasteiger partial charge in [0.15, 0.2) is 0 Å². The Morgan fingerprint density at radius 2 is 2.22 bits per heavy atom. The van der Waals surface area contributed by atoms with Crippen LogP contribution < -0.4 is 0 Å². The van der Waals surface area contributed by atoms with Crippen LogP contribution in [0.2, 0.25) is 0 Å². The maximum absolute atomic E-state index is 12.3. The van der Waals surface area contributed by atoms with Gasteiger partial charge in [0.25, 0.3) is 5.91 Å². The standard InChI is InChI=1S/C13H16N4O/c1-9-12(10(2)16-15-9)13(18)17(3)8-11-5-4-6-14-7-11/h4-7H,8H2,1-3H3,(H,15,16). The van der Waals surface area contributed by atoms with E-state index in [-0.39, 0.29) is 5.91 Å². The van der Waals surface area contributed by atoms with Crippen molar-refractivity contribution in [3.8, 4) is 0 Å². The summed E-state index contributed by atoms with van der Waals surface area (Å²) in [7, 11) is 1.78. The number of rotatable bonds is 3. The van der Waals surface area contributed by atoms with Gasteiger partial charge in [0.2, 0.25) is 0 Å². The Morgan fingerprint density at radius 1 is 1.44 bits per heavy atom. The largest absolute Gasteiger partial charge is 0.337 e. The van der Waals surface area contributed by atoms with Crippen molar-refractivity contribution >= 4 is 5.91 Å². The van der Waals surface area contributed by atoms with Gasteiger partial charge in [-0.25, -0.2) is 0 Å². The molecular formula is C13H16N4O. The van der Waals surface area contributed by atoms with Gasteiger partial charge < -0.3 is 4.90 Å². The Balaban J connectivity index is 2.15. The van der Waals surface area contributed by atoms with Gasteiger partial charge >= 0.3 is 0 Å². The molecule has 0 fully saturated rings. The molecule has 0 saturated heterocycles. The number of H-pyrrole nitrogens is 1. The van der Waals surface area contributed by atoms with Crippen LogP contribution >= 0.6 is 0 Å². The van der Waals surface area contributed by atoms with Crippen LogP contribution in [0, 0.1) is 13.8 Å². The molecule has 18 heavy (non-hydrogen) atoms. The van der Waals surface area contributed by atoms with Crippen LogP contribution in [0.3, 0.4) is 0 Å². The zero-order chi connectivity index (χ0) is 13.1. The Labute approximate surface area is 106 Å². The summed E-state index contributed by atoms with van der Waals surface area (Å²) in [6, 6.07) is 3.81. The van der Waals surface area contributed by atoms with Crippen molar-refractivity contribution in [1.82, 2.24) is 20.1 Å². The van der Waals surface area contributed by atoms with Crippen LogP contribution in [0.4, 0.5) is 0 Å². The summed E-state index contributed by atoms with van der Waals surface area (Å²) in [5, 5.41) is 6.87. The molecule has 0 saturated carbocycles. The van der Waals surface area contributed by atoms with Crippen molar-refractivity contribution in [3.63, 3.8) is 0 Å². The first-order valence-corrected chi connectivity index (χ1v) is 5.75. The van der Waals surface area contributed by atoms with Crippen LogP contribution in [0.5, 0.6) is 0 Å². The Bertz CT molecular complexity index is 528. The fourth-order valence-corrected chi connectivity index (χ4v) is 1.89. The highest BCUT2D eigenvalue weighted by Crippen LogP contribution is 2.13. The molecular weight excluding hydrogens is 228 g/mol. The highest BCUT2D eigenvalue weighted by Gasteiger charge is 2.19. The minimum Gasteiger partial charge on any atom is -0.337 e. The molecule has 1 N–H and O–H groups in total. The van der Waals surface area contributed by atoms with Crippen molar-refractivity contribution < 1.29 is 4.79 Å². The van der Waals surface area contributed by atoms with E-state index < -0.39 is 0 Å². The lowest BCUT2D eigenvalue weighted by molar-refractivity contribution is 0.0783. The number of carbonyl (C=O) groups excluding carboxylic acids is 1. The molecule has 0 aromatic carbocycles. The van der Waals surface area contributed by atoms with Crippen LogP contribution in [0.25, 0.3) is 0 Å². The summed E-state index contributed by atoms with van der Waals surface area (Å²) < 4.78 is 0. The molecule has 0 unspecified atom stereocenters. The summed E-state index contributed by atoms with van der Waals surface area (Å²) in [5.41, 5.74) is 3.19. The summed E-state index contributed by atoms with van der Waals surface area (Å²) >= 11 is 0. The number of pyridine rings is 1. The average Bonchev–Trinajstić information content (AvgIpc) is 2.69.